The summed E-state index contributed by atoms with van der Waals surface area (Å²) in [6.45, 7) is 4.29. The maximum atomic E-state index is 15.2. The first-order chi connectivity index (χ1) is 19.6. The largest absolute Gasteiger partial charge is 0.377 e. The molecule has 10 nitrogen and oxygen atoms in total. The lowest BCUT2D eigenvalue weighted by molar-refractivity contribution is -0.374. The molecule has 4 N–H and O–H groups in total. The van der Waals surface area contributed by atoms with Gasteiger partial charge in [0.1, 0.15) is 11.2 Å². The average Bonchev–Trinajstić information content (AvgIpc) is 3.71. The number of carbonyl (C=O) groups is 1. The number of anilines is 2. The van der Waals surface area contributed by atoms with Gasteiger partial charge in [-0.15, -0.1) is 0 Å². The minimum Gasteiger partial charge on any atom is -0.375 e. The Kier molecular flexibility index (Phi) is 7.10. The third-order valence-electron chi connectivity index (χ3n) is 7.51. The Morgan fingerprint density at radius 1 is 1.12 bits per heavy atom. The summed E-state index contributed by atoms with van der Waals surface area (Å²) in [7, 11) is 0. The number of carbonyl (C=O) groups excluding carboxylic acids is 1. The number of benzene rings is 2. The van der Waals surface area contributed by atoms with Crippen LogP contribution in [-0.4, -0.2) is 55.4 Å². The van der Waals surface area contributed by atoms with Crippen molar-refractivity contribution >= 4 is 28.3 Å². The van der Waals surface area contributed by atoms with Crippen molar-refractivity contribution in [3.05, 3.63) is 63.8 Å². The molecular weight excluding hydrogens is 557 g/mol. The Hall–Kier alpha value is -3.96. The maximum Gasteiger partial charge on any atom is 0.377 e. The number of hydrogen-bond donors (Lipinski definition) is 4. The summed E-state index contributed by atoms with van der Waals surface area (Å²) in [6.07, 6.45) is -3.45. The lowest BCUT2D eigenvalue weighted by atomic mass is 9.95. The van der Waals surface area contributed by atoms with Gasteiger partial charge in [0.2, 0.25) is 5.91 Å². The molecule has 0 spiro atoms. The number of ether oxygens (including phenoxy) is 1. The summed E-state index contributed by atoms with van der Waals surface area (Å²) in [5.41, 5.74) is -2.96. The molecule has 1 fully saturated rings. The van der Waals surface area contributed by atoms with Gasteiger partial charge in [0.05, 0.1) is 29.7 Å². The monoisotopic (exact) mass is 586 g/mol. The van der Waals surface area contributed by atoms with Crippen LogP contribution in [0, 0.1) is 23.1 Å². The van der Waals surface area contributed by atoms with E-state index in [0.717, 1.165) is 13.0 Å². The molecule has 1 amide bonds. The van der Waals surface area contributed by atoms with E-state index in [1.54, 1.807) is 32.0 Å². The highest BCUT2D eigenvalue weighted by Gasteiger charge is 2.64. The van der Waals surface area contributed by atoms with Crippen LogP contribution < -0.4 is 15.9 Å². The Bertz CT molecular complexity index is 1690. The lowest BCUT2D eigenvalue weighted by Crippen LogP contribution is -2.50. The Morgan fingerprint density at radius 2 is 1.81 bits per heavy atom. The van der Waals surface area contributed by atoms with E-state index in [-0.39, 0.29) is 53.9 Å². The summed E-state index contributed by atoms with van der Waals surface area (Å²) < 4.78 is 49.3. The average molecular weight is 587 g/mol. The molecule has 1 aromatic heterocycles. The van der Waals surface area contributed by atoms with Crippen molar-refractivity contribution in [1.82, 2.24) is 14.9 Å². The minimum atomic E-state index is -3.63. The van der Waals surface area contributed by atoms with Gasteiger partial charge in [0, 0.05) is 30.3 Å². The van der Waals surface area contributed by atoms with Crippen molar-refractivity contribution < 1.29 is 38.0 Å². The summed E-state index contributed by atoms with van der Waals surface area (Å²) >= 11 is 0. The Balaban J connectivity index is 1.57. The van der Waals surface area contributed by atoms with Gasteiger partial charge in [-0.2, -0.15) is 4.98 Å². The molecular formula is C29H29F3N4O6. The van der Waals surface area contributed by atoms with Crippen LogP contribution in [0.2, 0.25) is 0 Å². The molecule has 13 heteroatoms. The Morgan fingerprint density at radius 3 is 2.45 bits per heavy atom. The number of halogens is 3. The molecule has 42 heavy (non-hydrogen) atoms. The van der Waals surface area contributed by atoms with Crippen molar-refractivity contribution in [2.45, 2.75) is 57.8 Å². The first kappa shape index (κ1) is 29.5. The molecule has 2 heterocycles. The quantitative estimate of drug-likeness (QED) is 0.264. The molecule has 0 bridgehead atoms. The van der Waals surface area contributed by atoms with Gasteiger partial charge in [-0.3, -0.25) is 4.79 Å². The van der Waals surface area contributed by atoms with Crippen LogP contribution >= 0.6 is 0 Å². The minimum absolute atomic E-state index is 0.0825. The van der Waals surface area contributed by atoms with E-state index < -0.39 is 40.4 Å². The van der Waals surface area contributed by atoms with Crippen molar-refractivity contribution in [1.29, 1.82) is 0 Å². The van der Waals surface area contributed by atoms with E-state index in [2.05, 4.69) is 22.1 Å². The lowest BCUT2D eigenvalue weighted by Gasteiger charge is -2.27. The normalized spacial score (nSPS) is 16.7. The van der Waals surface area contributed by atoms with Gasteiger partial charge >= 0.3 is 11.8 Å². The number of alkyl halides is 2. The highest BCUT2D eigenvalue weighted by Crippen LogP contribution is 2.57. The van der Waals surface area contributed by atoms with Crippen LogP contribution in [0.25, 0.3) is 10.9 Å². The van der Waals surface area contributed by atoms with Crippen LogP contribution in [0.4, 0.5) is 24.7 Å². The SMILES string of the molecule is CC(C)(C#Cc1cccc2c1COCCN2c1nc(=O)n(C(O)(O)O)c2cccc(F)c12)NC(=O)C1(C(C)(F)F)CC1. The van der Waals surface area contributed by atoms with Crippen LogP contribution in [0.5, 0.6) is 0 Å². The van der Waals surface area contributed by atoms with Crippen molar-refractivity contribution in [3.63, 3.8) is 0 Å². The number of aromatic nitrogens is 2. The molecule has 222 valence electrons. The number of amides is 1. The second-order valence-electron chi connectivity index (χ2n) is 11.1. The van der Waals surface area contributed by atoms with Crippen molar-refractivity contribution in [2.24, 2.45) is 5.41 Å². The Labute approximate surface area is 238 Å². The van der Waals surface area contributed by atoms with E-state index in [0.29, 0.717) is 16.8 Å². The molecule has 0 radical (unpaired) electrons. The highest BCUT2D eigenvalue weighted by atomic mass is 19.3. The number of hydrogen-bond acceptors (Lipinski definition) is 8. The second kappa shape index (κ2) is 10.1. The predicted molar refractivity (Wildman–Crippen MR) is 145 cm³/mol. The molecule has 5 rings (SSSR count). The van der Waals surface area contributed by atoms with Crippen LogP contribution in [0.1, 0.15) is 44.7 Å². The number of aliphatic hydroxyl groups is 3. The smallest absolute Gasteiger partial charge is 0.375 e. The second-order valence-corrected chi connectivity index (χ2v) is 11.1. The molecule has 2 aromatic carbocycles. The van der Waals surface area contributed by atoms with E-state index in [9.17, 15) is 33.7 Å². The summed E-state index contributed by atoms with van der Waals surface area (Å²) in [5.74, 6) is 1.04. The molecule has 1 saturated carbocycles. The van der Waals surface area contributed by atoms with Crippen LogP contribution in [-0.2, 0) is 22.2 Å². The van der Waals surface area contributed by atoms with E-state index in [1.807, 2.05) is 0 Å². The number of rotatable bonds is 5. The van der Waals surface area contributed by atoms with Gasteiger partial charge in [-0.05, 0) is 51.0 Å². The molecule has 1 aliphatic heterocycles. The van der Waals surface area contributed by atoms with Gasteiger partial charge in [0.25, 0.3) is 5.92 Å². The zero-order valence-electron chi connectivity index (χ0n) is 23.0. The molecule has 0 atom stereocenters. The molecule has 0 unspecified atom stereocenters. The topological polar surface area (TPSA) is 137 Å². The first-order valence-electron chi connectivity index (χ1n) is 13.2. The fraction of sp³-hybridized carbons (Fsp3) is 0.414. The van der Waals surface area contributed by atoms with Crippen molar-refractivity contribution in [2.75, 3.05) is 18.1 Å². The summed E-state index contributed by atoms with van der Waals surface area (Å²) in [6, 6.07) is 8.63. The fourth-order valence-corrected chi connectivity index (χ4v) is 5.12. The van der Waals surface area contributed by atoms with Crippen LogP contribution in [0.15, 0.2) is 41.2 Å². The number of nitrogens with zero attached hydrogens (tertiary/aromatic N) is 3. The number of fused-ring (bicyclic) bond motifs is 2. The summed E-state index contributed by atoms with van der Waals surface area (Å²) in [4.78, 5) is 31.0. The third kappa shape index (κ3) is 5.22. The van der Waals surface area contributed by atoms with E-state index in [4.69, 9.17) is 4.74 Å². The molecule has 0 saturated heterocycles. The van der Waals surface area contributed by atoms with Gasteiger partial charge in [0.15, 0.2) is 5.82 Å². The molecule has 2 aliphatic rings. The fourth-order valence-electron chi connectivity index (χ4n) is 5.12. The molecule has 3 aromatic rings. The molecule has 1 aliphatic carbocycles. The first-order valence-corrected chi connectivity index (χ1v) is 13.2. The van der Waals surface area contributed by atoms with Gasteiger partial charge in [-0.25, -0.2) is 22.5 Å². The maximum absolute atomic E-state index is 15.2. The highest BCUT2D eigenvalue weighted by molar-refractivity contribution is 5.93. The van der Waals surface area contributed by atoms with E-state index >= 15 is 4.39 Å². The zero-order chi connectivity index (χ0) is 30.7. The summed E-state index contributed by atoms with van der Waals surface area (Å²) in [5, 5.41) is 31.7. The van der Waals surface area contributed by atoms with Gasteiger partial charge in [-0.1, -0.05) is 24.0 Å². The van der Waals surface area contributed by atoms with Gasteiger partial charge < -0.3 is 30.3 Å². The predicted octanol–water partition coefficient (Wildman–Crippen LogP) is 2.43. The van der Waals surface area contributed by atoms with Crippen molar-refractivity contribution in [3.8, 4) is 11.8 Å². The third-order valence-corrected chi connectivity index (χ3v) is 7.51. The van der Waals surface area contributed by atoms with E-state index in [1.165, 1.54) is 17.0 Å². The standard InChI is InChI=1S/C29H29F3N4O6/c1-26(2,34-24(37)28(12-13-28)27(3,31)32)11-10-17-6-4-8-20-18(17)16-42-15-14-35(20)23-22-19(30)7-5-9-21(22)36(25(38)33-23)29(39,40)41/h4-9,39-41H,12-16H2,1-3H3,(H,34,37). The van der Waals surface area contributed by atoms with Crippen LogP contribution in [0.3, 0.4) is 0 Å². The zero-order valence-corrected chi connectivity index (χ0v) is 23.0. The number of nitrogens with one attached hydrogen (secondary N) is 1.